The van der Waals surface area contributed by atoms with Crippen LogP contribution < -0.4 is 94.1 Å². The van der Waals surface area contributed by atoms with Crippen molar-refractivity contribution < 1.29 is 117 Å². The van der Waals surface area contributed by atoms with E-state index in [1.54, 1.807) is 0 Å². The summed E-state index contributed by atoms with van der Waals surface area (Å²) in [5.41, 5.74) is 0. The van der Waals surface area contributed by atoms with Crippen LogP contribution in [-0.4, -0.2) is 5.48 Å². The molecule has 0 fully saturated rings. The first-order valence-electron chi connectivity index (χ1n) is 1.39. The molecule has 0 amide bonds. The molecule has 0 saturated heterocycles. The van der Waals surface area contributed by atoms with Crippen molar-refractivity contribution in [3.8, 4) is 0 Å². The minimum atomic E-state index is -4.01. The van der Waals surface area contributed by atoms with Gasteiger partial charge in [0.1, 0.15) is 0 Å². The molecule has 0 bridgehead atoms. The van der Waals surface area contributed by atoms with E-state index in [4.69, 9.17) is 30.9 Å². The molecule has 0 saturated carbocycles. The van der Waals surface area contributed by atoms with Gasteiger partial charge in [-0.15, -0.1) is 0 Å². The maximum atomic E-state index is 8.57. The van der Waals surface area contributed by atoms with Crippen LogP contribution in [0.5, 0.6) is 0 Å². The summed E-state index contributed by atoms with van der Waals surface area (Å²) < 4.78 is 77.2. The monoisotopic (exact) mass is 595 g/mol. The summed E-state index contributed by atoms with van der Waals surface area (Å²) >= 11 is -12.0. The minimum absolute atomic E-state index is 0. The third kappa shape index (κ3) is 471. The largest absolute Gasteiger partial charge is 3.00 e. The molecule has 2 N–H and O–H groups in total. The molecule has 0 spiro atoms. The number of hydrogen-bond acceptors (Lipinski definition) is 9. The van der Waals surface area contributed by atoms with Crippen molar-refractivity contribution in [2.75, 3.05) is 0 Å². The Morgan fingerprint density at radius 1 is 0.429 bits per heavy atom. The molecule has 1 radical (unpaired) electrons. The van der Waals surface area contributed by atoms with E-state index < -0.39 is 63.2 Å². The van der Waals surface area contributed by atoms with Crippen LogP contribution in [0.25, 0.3) is 0 Å². The normalized spacial score (nSPS) is 7.71. The zero-order valence-electron chi connectivity index (χ0n) is 5.72. The Balaban J connectivity index is -0.0000000270. The summed E-state index contributed by atoms with van der Waals surface area (Å²) in [6.45, 7) is 0. The van der Waals surface area contributed by atoms with Crippen molar-refractivity contribution in [1.82, 2.24) is 0 Å². The summed E-state index contributed by atoms with van der Waals surface area (Å²) in [5, 5.41) is 0. The van der Waals surface area contributed by atoms with Crippen molar-refractivity contribution in [2.24, 2.45) is 0 Å². The number of hydrogen-bond donors (Lipinski definition) is 0. The van der Waals surface area contributed by atoms with Gasteiger partial charge in [0.05, 0.1) is 0 Å². The van der Waals surface area contributed by atoms with E-state index in [1.165, 1.54) is 0 Å². The second-order valence-electron chi connectivity index (χ2n) is 0.567. The Labute approximate surface area is 115 Å². The van der Waals surface area contributed by atoms with E-state index in [1.807, 2.05) is 0 Å². The van der Waals surface area contributed by atoms with E-state index in [9.17, 15) is 0 Å². The SMILES string of the molecule is O.[Cr+3].[O-][I+2]([O-])[O-].[O-][I+2]([O-])[O-].[O-][I+2]([O-])[O-]. The van der Waals surface area contributed by atoms with Crippen LogP contribution in [0.1, 0.15) is 0 Å². The zero-order valence-corrected chi connectivity index (χ0v) is 13.5. The molecule has 0 heterocycles. The summed E-state index contributed by atoms with van der Waals surface area (Å²) in [4.78, 5) is 0. The average molecular weight is 595 g/mol. The van der Waals surface area contributed by atoms with Crippen molar-refractivity contribution in [2.45, 2.75) is 0 Å². The molecule has 0 aromatic rings. The average Bonchev–Trinajstić information content (AvgIpc) is 1.54. The van der Waals surface area contributed by atoms with Crippen molar-refractivity contribution in [1.29, 1.82) is 0 Å². The van der Waals surface area contributed by atoms with Crippen LogP contribution in [0, 0.1) is 0 Å². The molecular weight excluding hydrogens is 593 g/mol. The van der Waals surface area contributed by atoms with Gasteiger partial charge in [-0.2, -0.15) is 0 Å². The van der Waals surface area contributed by atoms with Gasteiger partial charge in [-0.05, 0) is 0 Å². The van der Waals surface area contributed by atoms with Crippen LogP contribution in [0.15, 0.2) is 0 Å². The molecule has 0 aliphatic carbocycles. The molecule has 0 rings (SSSR count). The second kappa shape index (κ2) is 24.5. The Bertz CT molecular complexity index is 43.9. The molecule has 0 unspecified atom stereocenters. The first-order valence-corrected chi connectivity index (χ1v) is 9.32. The molecule has 14 heavy (non-hydrogen) atoms. The fourth-order valence-corrected chi connectivity index (χ4v) is 0. The third-order valence-electron chi connectivity index (χ3n) is 0. The molecule has 14 heteroatoms. The number of halogens is 3. The topological polar surface area (TPSA) is 239 Å². The number of rotatable bonds is 0. The van der Waals surface area contributed by atoms with Gasteiger partial charge in [0.15, 0.2) is 0 Å². The van der Waals surface area contributed by atoms with E-state index in [0.29, 0.717) is 0 Å². The second-order valence-corrected chi connectivity index (χ2v) is 3.80. The van der Waals surface area contributed by atoms with E-state index >= 15 is 0 Å². The van der Waals surface area contributed by atoms with Crippen LogP contribution in [-0.2, 0) is 17.4 Å². The summed E-state index contributed by atoms with van der Waals surface area (Å²) in [7, 11) is 0. The maximum Gasteiger partial charge on any atom is 3.00 e. The molecule has 89 valence electrons. The van der Waals surface area contributed by atoms with Gasteiger partial charge in [-0.3, -0.25) is 0 Å². The smallest absolute Gasteiger partial charge is 0.427 e. The third-order valence-corrected chi connectivity index (χ3v) is 0. The van der Waals surface area contributed by atoms with Crippen LogP contribution >= 0.6 is 0 Å². The molecule has 0 aromatic carbocycles. The molecule has 0 aliphatic rings. The fourth-order valence-electron chi connectivity index (χ4n) is 0. The summed E-state index contributed by atoms with van der Waals surface area (Å²) in [6.07, 6.45) is 0. The van der Waals surface area contributed by atoms with Gasteiger partial charge >= 0.3 is 17.4 Å². The van der Waals surface area contributed by atoms with E-state index in [-0.39, 0.29) is 22.8 Å². The first kappa shape index (κ1) is 29.9. The van der Waals surface area contributed by atoms with Gasteiger partial charge in [0.25, 0.3) is 63.2 Å². The maximum absolute atomic E-state index is 8.57. The van der Waals surface area contributed by atoms with Crippen LogP contribution in [0.4, 0.5) is 0 Å². The fraction of sp³-hybridized carbons (Fsp3) is 0. The van der Waals surface area contributed by atoms with Gasteiger partial charge in [0.2, 0.25) is 0 Å². The quantitative estimate of drug-likeness (QED) is 0.241. The molecular formula is H2CrI3O10. The Morgan fingerprint density at radius 3 is 0.429 bits per heavy atom. The zero-order chi connectivity index (χ0) is 10.7. The van der Waals surface area contributed by atoms with Gasteiger partial charge in [-0.1, -0.05) is 0 Å². The molecule has 10 nitrogen and oxygen atoms in total. The van der Waals surface area contributed by atoms with E-state index in [0.717, 1.165) is 0 Å². The van der Waals surface area contributed by atoms with E-state index in [2.05, 4.69) is 0 Å². The van der Waals surface area contributed by atoms with Crippen LogP contribution in [0.2, 0.25) is 0 Å². The standard InChI is InChI=1S/Cr.3IO3.H2O/c;3*2-1(3)4;/h;;;;1H2/q+3;3*-1;. The van der Waals surface area contributed by atoms with Gasteiger partial charge < -0.3 is 36.4 Å². The van der Waals surface area contributed by atoms with Gasteiger partial charge in [0, 0.05) is 0 Å². The Kier molecular flexibility index (Phi) is 52.3. The van der Waals surface area contributed by atoms with Crippen molar-refractivity contribution in [3.63, 3.8) is 0 Å². The molecule has 0 aliphatic heterocycles. The van der Waals surface area contributed by atoms with Crippen molar-refractivity contribution >= 4 is 0 Å². The summed E-state index contributed by atoms with van der Waals surface area (Å²) in [5.74, 6) is 0. The minimum Gasteiger partial charge on any atom is -0.427 e. The first-order chi connectivity index (χ1) is 5.20. The van der Waals surface area contributed by atoms with Crippen LogP contribution in [0.3, 0.4) is 0 Å². The predicted octanol–water partition coefficient (Wildman–Crippen LogP) is -20.5. The molecule has 0 aromatic heterocycles. The predicted molar refractivity (Wildman–Crippen MR) is 3.61 cm³/mol. The Hall–Kier alpha value is 2.32. The van der Waals surface area contributed by atoms with Gasteiger partial charge in [-0.25, -0.2) is 0 Å². The molecule has 0 atom stereocenters. The van der Waals surface area contributed by atoms with Crippen molar-refractivity contribution in [3.05, 3.63) is 0 Å². The Morgan fingerprint density at radius 2 is 0.429 bits per heavy atom. The summed E-state index contributed by atoms with van der Waals surface area (Å²) in [6, 6.07) is 0.